The highest BCUT2D eigenvalue weighted by Gasteiger charge is 2.31. The number of nitriles is 1. The molecule has 0 radical (unpaired) electrons. The molecule has 1 atom stereocenters. The molecular formula is C17H24N2S. The lowest BCUT2D eigenvalue weighted by atomic mass is 10.0. The largest absolute Gasteiger partial charge is 0.297 e. The minimum atomic E-state index is -0.351. The summed E-state index contributed by atoms with van der Waals surface area (Å²) in [5.41, 5.74) is 3.70. The Bertz CT molecular complexity index is 482. The van der Waals surface area contributed by atoms with Crippen molar-refractivity contribution >= 4 is 11.8 Å². The van der Waals surface area contributed by atoms with Gasteiger partial charge in [0.15, 0.2) is 0 Å². The van der Waals surface area contributed by atoms with Gasteiger partial charge < -0.3 is 0 Å². The molecular weight excluding hydrogens is 264 g/mol. The van der Waals surface area contributed by atoms with Gasteiger partial charge in [0.2, 0.25) is 0 Å². The summed E-state index contributed by atoms with van der Waals surface area (Å²) in [5.74, 6) is 2.06. The van der Waals surface area contributed by atoms with E-state index in [0.717, 1.165) is 17.9 Å². The molecule has 0 aromatic heterocycles. The van der Waals surface area contributed by atoms with E-state index in [1.807, 2.05) is 18.7 Å². The summed E-state index contributed by atoms with van der Waals surface area (Å²) < 4.78 is 0. The first-order chi connectivity index (χ1) is 9.50. The third kappa shape index (κ3) is 4.85. The highest BCUT2D eigenvalue weighted by molar-refractivity contribution is 7.98. The summed E-state index contributed by atoms with van der Waals surface area (Å²) in [4.78, 5) is 0. The quantitative estimate of drug-likeness (QED) is 0.771. The van der Waals surface area contributed by atoms with E-state index in [-0.39, 0.29) is 5.54 Å². The van der Waals surface area contributed by atoms with Gasteiger partial charge in [-0.1, -0.05) is 29.3 Å². The Kier molecular flexibility index (Phi) is 5.12. The summed E-state index contributed by atoms with van der Waals surface area (Å²) in [7, 11) is 0. The SMILES string of the molecule is Cc1cc(C)cc(CSCCC(C)(C#N)NC2CC2)c1. The van der Waals surface area contributed by atoms with Crippen LogP contribution in [0.15, 0.2) is 18.2 Å². The first-order valence-electron chi connectivity index (χ1n) is 7.35. The molecule has 1 fully saturated rings. The lowest BCUT2D eigenvalue weighted by Crippen LogP contribution is -2.42. The van der Waals surface area contributed by atoms with Crippen molar-refractivity contribution in [2.45, 2.75) is 57.4 Å². The van der Waals surface area contributed by atoms with Crippen LogP contribution in [0.25, 0.3) is 0 Å². The standard InChI is InChI=1S/C17H24N2S/c1-13-8-14(2)10-15(9-13)11-20-7-6-17(3,12-18)19-16-4-5-16/h8-10,16,19H,4-7,11H2,1-3H3. The van der Waals surface area contributed by atoms with Crippen molar-refractivity contribution in [3.8, 4) is 6.07 Å². The maximum Gasteiger partial charge on any atom is 0.104 e. The molecule has 2 rings (SSSR count). The Labute approximate surface area is 127 Å². The minimum Gasteiger partial charge on any atom is -0.297 e. The van der Waals surface area contributed by atoms with Crippen molar-refractivity contribution in [2.24, 2.45) is 0 Å². The third-order valence-corrected chi connectivity index (χ3v) is 4.67. The van der Waals surface area contributed by atoms with Gasteiger partial charge in [0.25, 0.3) is 0 Å². The monoisotopic (exact) mass is 288 g/mol. The molecule has 20 heavy (non-hydrogen) atoms. The van der Waals surface area contributed by atoms with Gasteiger partial charge in [-0.25, -0.2) is 0 Å². The van der Waals surface area contributed by atoms with Gasteiger partial charge in [-0.3, -0.25) is 5.32 Å². The second-order valence-electron chi connectivity index (χ2n) is 6.16. The molecule has 3 heteroatoms. The van der Waals surface area contributed by atoms with Crippen LogP contribution in [0.5, 0.6) is 0 Å². The number of aryl methyl sites for hydroxylation is 2. The Morgan fingerprint density at radius 3 is 2.50 bits per heavy atom. The molecule has 0 heterocycles. The van der Waals surface area contributed by atoms with Crippen LogP contribution in [-0.4, -0.2) is 17.3 Å². The van der Waals surface area contributed by atoms with Crippen LogP contribution >= 0.6 is 11.8 Å². The first-order valence-corrected chi connectivity index (χ1v) is 8.50. The fourth-order valence-electron chi connectivity index (χ4n) is 2.46. The zero-order valence-corrected chi connectivity index (χ0v) is 13.5. The van der Waals surface area contributed by atoms with Gasteiger partial charge in [0.05, 0.1) is 6.07 Å². The first kappa shape index (κ1) is 15.4. The number of hydrogen-bond acceptors (Lipinski definition) is 3. The van der Waals surface area contributed by atoms with Crippen LogP contribution < -0.4 is 5.32 Å². The van der Waals surface area contributed by atoms with Gasteiger partial charge in [-0.15, -0.1) is 0 Å². The van der Waals surface area contributed by atoms with E-state index in [2.05, 4.69) is 43.4 Å². The highest BCUT2D eigenvalue weighted by Crippen LogP contribution is 2.25. The van der Waals surface area contributed by atoms with E-state index in [4.69, 9.17) is 0 Å². The fourth-order valence-corrected chi connectivity index (χ4v) is 3.56. The number of hydrogen-bond donors (Lipinski definition) is 1. The summed E-state index contributed by atoms with van der Waals surface area (Å²) >= 11 is 1.92. The number of benzene rings is 1. The fraction of sp³-hybridized carbons (Fsp3) is 0.588. The predicted octanol–water partition coefficient (Wildman–Crippen LogP) is 3.96. The lowest BCUT2D eigenvalue weighted by Gasteiger charge is -2.23. The Hall–Kier alpha value is -0.980. The Morgan fingerprint density at radius 1 is 1.30 bits per heavy atom. The molecule has 1 aromatic rings. The van der Waals surface area contributed by atoms with Crippen molar-refractivity contribution in [2.75, 3.05) is 5.75 Å². The van der Waals surface area contributed by atoms with Crippen molar-refractivity contribution in [3.63, 3.8) is 0 Å². The van der Waals surface area contributed by atoms with Crippen LogP contribution in [0.3, 0.4) is 0 Å². The highest BCUT2D eigenvalue weighted by atomic mass is 32.2. The number of rotatable bonds is 7. The van der Waals surface area contributed by atoms with Gasteiger partial charge in [0, 0.05) is 11.8 Å². The topological polar surface area (TPSA) is 35.8 Å². The molecule has 1 aliphatic carbocycles. The van der Waals surface area contributed by atoms with E-state index >= 15 is 0 Å². The maximum absolute atomic E-state index is 9.33. The second kappa shape index (κ2) is 6.65. The van der Waals surface area contributed by atoms with Crippen LogP contribution in [-0.2, 0) is 5.75 Å². The number of nitrogens with one attached hydrogen (secondary N) is 1. The van der Waals surface area contributed by atoms with E-state index in [1.165, 1.54) is 29.5 Å². The summed E-state index contributed by atoms with van der Waals surface area (Å²) in [5, 5.41) is 12.8. The molecule has 1 N–H and O–H groups in total. The number of thioether (sulfide) groups is 1. The maximum atomic E-state index is 9.33. The van der Waals surface area contributed by atoms with Gasteiger partial charge in [-0.05, 0) is 51.3 Å². The average molecular weight is 288 g/mol. The van der Waals surface area contributed by atoms with Crippen molar-refractivity contribution in [1.82, 2.24) is 5.32 Å². The van der Waals surface area contributed by atoms with Crippen molar-refractivity contribution in [1.29, 1.82) is 5.26 Å². The van der Waals surface area contributed by atoms with Crippen LogP contribution in [0.1, 0.15) is 42.9 Å². The van der Waals surface area contributed by atoms with Gasteiger partial charge >= 0.3 is 0 Å². The van der Waals surface area contributed by atoms with E-state index < -0.39 is 0 Å². The molecule has 2 nitrogen and oxygen atoms in total. The molecule has 1 aliphatic rings. The zero-order chi connectivity index (χ0) is 14.6. The van der Waals surface area contributed by atoms with E-state index in [9.17, 15) is 5.26 Å². The van der Waals surface area contributed by atoms with Crippen LogP contribution in [0, 0.1) is 25.2 Å². The number of nitrogens with zero attached hydrogens (tertiary/aromatic N) is 1. The third-order valence-electron chi connectivity index (χ3n) is 3.64. The molecule has 0 saturated heterocycles. The van der Waals surface area contributed by atoms with Crippen LogP contribution in [0.4, 0.5) is 0 Å². The molecule has 0 amide bonds. The Balaban J connectivity index is 1.76. The second-order valence-corrected chi connectivity index (χ2v) is 7.27. The molecule has 1 saturated carbocycles. The normalized spacial score (nSPS) is 17.5. The zero-order valence-electron chi connectivity index (χ0n) is 12.7. The molecule has 0 aliphatic heterocycles. The van der Waals surface area contributed by atoms with Crippen molar-refractivity contribution < 1.29 is 0 Å². The minimum absolute atomic E-state index is 0.351. The molecule has 108 valence electrons. The van der Waals surface area contributed by atoms with Gasteiger partial charge in [0.1, 0.15) is 5.54 Å². The lowest BCUT2D eigenvalue weighted by molar-refractivity contribution is 0.434. The average Bonchev–Trinajstić information content (AvgIpc) is 3.17. The van der Waals surface area contributed by atoms with Gasteiger partial charge in [-0.2, -0.15) is 17.0 Å². The predicted molar refractivity (Wildman–Crippen MR) is 86.9 cm³/mol. The Morgan fingerprint density at radius 2 is 1.95 bits per heavy atom. The smallest absolute Gasteiger partial charge is 0.104 e. The molecule has 0 bridgehead atoms. The van der Waals surface area contributed by atoms with Crippen molar-refractivity contribution in [3.05, 3.63) is 34.9 Å². The summed E-state index contributed by atoms with van der Waals surface area (Å²) in [6.45, 7) is 6.32. The van der Waals surface area contributed by atoms with Crippen LogP contribution in [0.2, 0.25) is 0 Å². The summed E-state index contributed by atoms with van der Waals surface area (Å²) in [6, 6.07) is 9.75. The van der Waals surface area contributed by atoms with E-state index in [1.54, 1.807) is 0 Å². The molecule has 1 aromatic carbocycles. The van der Waals surface area contributed by atoms with E-state index in [0.29, 0.717) is 6.04 Å². The molecule has 0 spiro atoms. The molecule has 1 unspecified atom stereocenters. The summed E-state index contributed by atoms with van der Waals surface area (Å²) in [6.07, 6.45) is 3.37.